The van der Waals surface area contributed by atoms with E-state index >= 15 is 0 Å². The highest BCUT2D eigenvalue weighted by Gasteiger charge is 2.35. The summed E-state index contributed by atoms with van der Waals surface area (Å²) in [6.45, 7) is 22.6. The third kappa shape index (κ3) is 5.33. The molecule has 3 rings (SSSR count). The Hall–Kier alpha value is -3.12. The van der Waals surface area contributed by atoms with Crippen molar-refractivity contribution in [3.05, 3.63) is 133 Å². The molecule has 0 N–H and O–H groups in total. The maximum Gasteiger partial charge on any atom is 0.0158 e. The Kier molecular flexibility index (Phi) is 8.39. The zero-order valence-corrected chi connectivity index (χ0v) is 19.8. The van der Waals surface area contributed by atoms with Crippen molar-refractivity contribution in [2.24, 2.45) is 0 Å². The number of fused-ring (bicyclic) bond motifs is 1. The monoisotopic (exact) mass is 408 g/mol. The van der Waals surface area contributed by atoms with E-state index in [2.05, 4.69) is 96.8 Å². The lowest BCUT2D eigenvalue weighted by Gasteiger charge is -2.24. The van der Waals surface area contributed by atoms with Crippen molar-refractivity contribution < 1.29 is 0 Å². The summed E-state index contributed by atoms with van der Waals surface area (Å²) in [4.78, 5) is 0. The van der Waals surface area contributed by atoms with Crippen LogP contribution in [0.1, 0.15) is 62.8 Å². The molecule has 0 radical (unpaired) electrons. The normalized spacial score (nSPS) is 14.8. The van der Waals surface area contributed by atoms with Gasteiger partial charge in [0.2, 0.25) is 0 Å². The highest BCUT2D eigenvalue weighted by Crippen LogP contribution is 2.47. The first-order valence-corrected chi connectivity index (χ1v) is 11.0. The van der Waals surface area contributed by atoms with Crippen LogP contribution in [0.2, 0.25) is 0 Å². The molecule has 160 valence electrons. The summed E-state index contributed by atoms with van der Waals surface area (Å²) in [5, 5.41) is 0. The molecule has 0 aliphatic heterocycles. The minimum atomic E-state index is 0.0657. The molecule has 0 aromatic heterocycles. The van der Waals surface area contributed by atoms with Crippen LogP contribution in [-0.4, -0.2) is 0 Å². The van der Waals surface area contributed by atoms with Crippen molar-refractivity contribution in [3.63, 3.8) is 0 Å². The third-order valence-corrected chi connectivity index (χ3v) is 5.80. The van der Waals surface area contributed by atoms with Gasteiger partial charge in [0.05, 0.1) is 0 Å². The summed E-state index contributed by atoms with van der Waals surface area (Å²) in [6, 6.07) is 17.0. The summed E-state index contributed by atoms with van der Waals surface area (Å²) in [6.07, 6.45) is 11.9. The molecule has 0 fully saturated rings. The molecule has 1 aliphatic rings. The van der Waals surface area contributed by atoms with Gasteiger partial charge in [0.1, 0.15) is 0 Å². The lowest BCUT2D eigenvalue weighted by atomic mass is 9.80. The predicted molar refractivity (Wildman–Crippen MR) is 140 cm³/mol. The number of hydrogen-bond acceptors (Lipinski definition) is 0. The first-order chi connectivity index (χ1) is 14.8. The molecule has 0 saturated heterocycles. The molecule has 0 saturated carbocycles. The molecule has 0 unspecified atom stereocenters. The van der Waals surface area contributed by atoms with Crippen molar-refractivity contribution >= 4 is 11.1 Å². The van der Waals surface area contributed by atoms with E-state index in [0.29, 0.717) is 5.92 Å². The lowest BCUT2D eigenvalue weighted by Crippen LogP contribution is -2.16. The van der Waals surface area contributed by atoms with Crippen LogP contribution in [0.3, 0.4) is 0 Å². The van der Waals surface area contributed by atoms with Crippen molar-refractivity contribution in [1.82, 2.24) is 0 Å². The van der Waals surface area contributed by atoms with Gasteiger partial charge in [-0.2, -0.15) is 0 Å². The second-order valence-electron chi connectivity index (χ2n) is 8.54. The highest BCUT2D eigenvalue weighted by atomic mass is 14.4. The van der Waals surface area contributed by atoms with E-state index in [9.17, 15) is 0 Å². The van der Waals surface area contributed by atoms with E-state index < -0.39 is 0 Å². The van der Waals surface area contributed by atoms with Crippen LogP contribution in [-0.2, 0) is 5.41 Å². The first kappa shape index (κ1) is 24.2. The van der Waals surface area contributed by atoms with E-state index in [-0.39, 0.29) is 5.41 Å². The predicted octanol–water partition coefficient (Wildman–Crippen LogP) is 9.06. The van der Waals surface area contributed by atoms with Crippen LogP contribution in [0.15, 0.2) is 110 Å². The zero-order valence-electron chi connectivity index (χ0n) is 19.8. The number of hydrogen-bond donors (Lipinski definition) is 0. The lowest BCUT2D eigenvalue weighted by molar-refractivity contribution is 0.651. The van der Waals surface area contributed by atoms with Crippen molar-refractivity contribution in [2.45, 2.75) is 46.0 Å². The van der Waals surface area contributed by atoms with Gasteiger partial charge in [-0.3, -0.25) is 0 Å². The molecule has 0 amide bonds. The molecule has 1 aliphatic carbocycles. The van der Waals surface area contributed by atoms with E-state index in [0.717, 1.165) is 5.57 Å². The summed E-state index contributed by atoms with van der Waals surface area (Å²) in [5.74, 6) is 0.569. The first-order valence-electron chi connectivity index (χ1n) is 11.0. The fraction of sp³-hybridized carbons (Fsp3) is 0.226. The van der Waals surface area contributed by atoms with Gasteiger partial charge in [-0.15, -0.1) is 0 Å². The molecular formula is C31H36. The average molecular weight is 409 g/mol. The number of benzene rings is 2. The van der Waals surface area contributed by atoms with E-state index in [1.807, 2.05) is 36.4 Å². The molecule has 0 bridgehead atoms. The van der Waals surface area contributed by atoms with Gasteiger partial charge in [-0.25, -0.2) is 0 Å². The quantitative estimate of drug-likeness (QED) is 0.418. The minimum Gasteiger partial charge on any atom is -0.0990 e. The maximum atomic E-state index is 4.01. The Morgan fingerprint density at radius 3 is 2.16 bits per heavy atom. The molecule has 0 heteroatoms. The van der Waals surface area contributed by atoms with Crippen LogP contribution in [0.5, 0.6) is 0 Å². The second kappa shape index (κ2) is 10.8. The third-order valence-electron chi connectivity index (χ3n) is 5.80. The largest absolute Gasteiger partial charge is 0.0990 e. The Morgan fingerprint density at radius 1 is 0.968 bits per heavy atom. The van der Waals surface area contributed by atoms with Crippen LogP contribution >= 0.6 is 0 Å². The van der Waals surface area contributed by atoms with Gasteiger partial charge in [-0.05, 0) is 51.8 Å². The van der Waals surface area contributed by atoms with Gasteiger partial charge in [0.25, 0.3) is 0 Å². The van der Waals surface area contributed by atoms with E-state index in [1.165, 1.54) is 33.4 Å². The van der Waals surface area contributed by atoms with E-state index in [1.54, 1.807) is 6.08 Å². The van der Waals surface area contributed by atoms with Gasteiger partial charge in [0, 0.05) is 5.41 Å². The fourth-order valence-electron chi connectivity index (χ4n) is 4.02. The van der Waals surface area contributed by atoms with Crippen molar-refractivity contribution in [3.8, 4) is 0 Å². The topological polar surface area (TPSA) is 0 Å². The van der Waals surface area contributed by atoms with Gasteiger partial charge in [0.15, 0.2) is 0 Å². The Bertz CT molecular complexity index is 1020. The van der Waals surface area contributed by atoms with Gasteiger partial charge >= 0.3 is 0 Å². The van der Waals surface area contributed by atoms with Crippen LogP contribution < -0.4 is 0 Å². The molecule has 0 heterocycles. The van der Waals surface area contributed by atoms with Crippen LogP contribution in [0.4, 0.5) is 0 Å². The standard InChI is InChI=1S/C19H24.C12H12/c1-7-9-17-15(8-2)16-11-10-14(13(3)4)12-18(16)19(17,5)6;1-3-8-11(4-2)12-9-6-5-7-10-12/h7-13H,2H2,1,3-6H3;3-10H,1-2H2/b9-7-;11-8+. The number of allylic oxidation sites excluding steroid dienone is 9. The molecular weight excluding hydrogens is 372 g/mol. The summed E-state index contributed by atoms with van der Waals surface area (Å²) < 4.78 is 0. The van der Waals surface area contributed by atoms with Gasteiger partial charge < -0.3 is 0 Å². The molecule has 0 nitrogen and oxygen atoms in total. The zero-order chi connectivity index (χ0) is 23.0. The molecule has 0 atom stereocenters. The molecule has 2 aromatic rings. The Labute approximate surface area is 189 Å². The maximum absolute atomic E-state index is 4.01. The molecule has 31 heavy (non-hydrogen) atoms. The fourth-order valence-corrected chi connectivity index (χ4v) is 4.02. The average Bonchev–Trinajstić information content (AvgIpc) is 2.99. The molecule has 0 spiro atoms. The van der Waals surface area contributed by atoms with Crippen molar-refractivity contribution in [2.75, 3.05) is 0 Å². The second-order valence-corrected chi connectivity index (χ2v) is 8.54. The van der Waals surface area contributed by atoms with Gasteiger partial charge in [-0.1, -0.05) is 132 Å². The number of rotatable bonds is 6. The molecule has 2 aromatic carbocycles. The Balaban J connectivity index is 0.000000245. The Morgan fingerprint density at radius 2 is 1.65 bits per heavy atom. The van der Waals surface area contributed by atoms with Crippen LogP contribution in [0.25, 0.3) is 11.1 Å². The highest BCUT2D eigenvalue weighted by molar-refractivity contribution is 5.87. The van der Waals surface area contributed by atoms with Crippen molar-refractivity contribution in [1.29, 1.82) is 0 Å². The van der Waals surface area contributed by atoms with Crippen LogP contribution in [0, 0.1) is 0 Å². The summed E-state index contributed by atoms with van der Waals surface area (Å²) in [7, 11) is 0. The summed E-state index contributed by atoms with van der Waals surface area (Å²) in [5.41, 5.74) is 9.19. The van der Waals surface area contributed by atoms with E-state index in [4.69, 9.17) is 0 Å². The smallest absolute Gasteiger partial charge is 0.0158 e. The SMILES string of the molecule is C=C/C=C(\C=C)c1ccccc1.C=CC1=C(/C=C\C)C(C)(C)c2cc(C(C)C)ccc21. The minimum absolute atomic E-state index is 0.0657. The summed E-state index contributed by atoms with van der Waals surface area (Å²) >= 11 is 0.